The number of ether oxygens (including phenoxy) is 3. The van der Waals surface area contributed by atoms with Crippen LogP contribution in [0.25, 0.3) is 0 Å². The van der Waals surface area contributed by atoms with E-state index in [1.165, 1.54) is 0 Å². The van der Waals surface area contributed by atoms with Crippen molar-refractivity contribution in [1.29, 1.82) is 0 Å². The van der Waals surface area contributed by atoms with Crippen LogP contribution in [-0.4, -0.2) is 37.6 Å². The molecule has 2 N–H and O–H groups in total. The van der Waals surface area contributed by atoms with Gasteiger partial charge in [-0.15, -0.1) is 0 Å². The van der Waals surface area contributed by atoms with Crippen LogP contribution in [0.2, 0.25) is 0 Å². The Bertz CT molecular complexity index is 851. The number of aliphatic hydroxyl groups is 1. The lowest BCUT2D eigenvalue weighted by molar-refractivity contribution is -0.150. The van der Waals surface area contributed by atoms with E-state index in [1.807, 2.05) is 54.6 Å². The van der Waals surface area contributed by atoms with Crippen molar-refractivity contribution in [3.05, 3.63) is 81.5 Å². The number of methoxy groups -OCH3 is 1. The number of allylic oxidation sites excluding steroid dienone is 1. The number of carbonyl (C=O) groups is 1. The lowest BCUT2D eigenvalue weighted by Crippen LogP contribution is -2.34. The van der Waals surface area contributed by atoms with Crippen molar-refractivity contribution in [2.24, 2.45) is 0 Å². The number of amides is 1. The highest BCUT2D eigenvalue weighted by Crippen LogP contribution is 2.32. The van der Waals surface area contributed by atoms with E-state index in [1.54, 1.807) is 7.11 Å². The molecule has 2 aromatic rings. The first-order chi connectivity index (χ1) is 14.6. The van der Waals surface area contributed by atoms with Gasteiger partial charge in [0.25, 0.3) is 5.91 Å². The Balaban J connectivity index is 1.70. The normalized spacial score (nSPS) is 18.4. The maximum absolute atomic E-state index is 12.5. The van der Waals surface area contributed by atoms with Gasteiger partial charge in [-0.2, -0.15) is 0 Å². The Hall–Kier alpha value is -2.19. The van der Waals surface area contributed by atoms with Crippen LogP contribution in [0, 0.1) is 0 Å². The smallest absolute Gasteiger partial charge is 0.286 e. The molecule has 2 aromatic carbocycles. The van der Waals surface area contributed by atoms with Gasteiger partial charge >= 0.3 is 0 Å². The van der Waals surface area contributed by atoms with Crippen molar-refractivity contribution in [1.82, 2.24) is 5.32 Å². The third-order valence-electron chi connectivity index (χ3n) is 4.81. The first kappa shape index (κ1) is 22.5. The van der Waals surface area contributed by atoms with Crippen LogP contribution in [0.1, 0.15) is 29.0 Å². The summed E-state index contributed by atoms with van der Waals surface area (Å²) in [6, 6.07) is 15.6. The predicted octanol–water partition coefficient (Wildman–Crippen LogP) is 3.63. The van der Waals surface area contributed by atoms with Crippen LogP contribution >= 0.6 is 15.9 Å². The molecule has 0 saturated carbocycles. The maximum Gasteiger partial charge on any atom is 0.286 e. The molecular formula is C23H26BrNO5. The van der Waals surface area contributed by atoms with Crippen LogP contribution in [0.4, 0.5) is 0 Å². The van der Waals surface area contributed by atoms with Crippen LogP contribution in [0.15, 0.2) is 64.8 Å². The molecule has 0 aromatic heterocycles. The van der Waals surface area contributed by atoms with Crippen molar-refractivity contribution in [2.75, 3.05) is 20.3 Å². The van der Waals surface area contributed by atoms with Gasteiger partial charge in [0.05, 0.1) is 19.8 Å². The summed E-state index contributed by atoms with van der Waals surface area (Å²) >= 11 is 3.46. The number of benzene rings is 2. The van der Waals surface area contributed by atoms with Crippen LogP contribution < -0.4 is 5.32 Å². The van der Waals surface area contributed by atoms with Crippen LogP contribution in [0.5, 0.6) is 0 Å². The number of carbonyl (C=O) groups excluding carboxylic acids is 1. The summed E-state index contributed by atoms with van der Waals surface area (Å²) in [7, 11) is 1.59. The summed E-state index contributed by atoms with van der Waals surface area (Å²) in [6.45, 7) is 1.19. The highest BCUT2D eigenvalue weighted by atomic mass is 79.9. The summed E-state index contributed by atoms with van der Waals surface area (Å²) < 4.78 is 17.8. The molecule has 0 unspecified atom stereocenters. The first-order valence-corrected chi connectivity index (χ1v) is 10.6. The molecule has 0 aliphatic carbocycles. The van der Waals surface area contributed by atoms with E-state index in [0.29, 0.717) is 26.2 Å². The number of aliphatic hydroxyl groups excluding tert-OH is 1. The van der Waals surface area contributed by atoms with Gasteiger partial charge in [-0.1, -0.05) is 52.3 Å². The summed E-state index contributed by atoms with van der Waals surface area (Å²) in [6.07, 6.45) is 1.90. The van der Waals surface area contributed by atoms with Crippen molar-refractivity contribution in [2.45, 2.75) is 31.8 Å². The zero-order chi connectivity index (χ0) is 21.3. The van der Waals surface area contributed by atoms with Gasteiger partial charge in [-0.3, -0.25) is 4.79 Å². The zero-order valence-corrected chi connectivity index (χ0v) is 18.4. The van der Waals surface area contributed by atoms with Gasteiger partial charge in [0, 0.05) is 30.5 Å². The molecule has 6 nitrogen and oxygen atoms in total. The molecule has 1 heterocycles. The van der Waals surface area contributed by atoms with Crippen molar-refractivity contribution < 1.29 is 24.1 Å². The molecule has 2 atom stereocenters. The molecule has 0 fully saturated rings. The average molecular weight is 476 g/mol. The molecule has 0 bridgehead atoms. The van der Waals surface area contributed by atoms with E-state index in [2.05, 4.69) is 21.2 Å². The SMILES string of the molecule is COCCNC(=O)C1=C[C@H](c2ccc(Br)cc2)C[C@H](OCc2ccc(CO)cc2)O1. The number of nitrogens with one attached hydrogen (secondary N) is 1. The van der Waals surface area contributed by atoms with Crippen molar-refractivity contribution in [3.8, 4) is 0 Å². The molecule has 3 rings (SSSR count). The second kappa shape index (κ2) is 11.3. The second-order valence-electron chi connectivity index (χ2n) is 7.01. The van der Waals surface area contributed by atoms with Crippen LogP contribution in [-0.2, 0) is 32.2 Å². The van der Waals surface area contributed by atoms with E-state index in [0.717, 1.165) is 21.2 Å². The standard InChI is InChI=1S/C23H26BrNO5/c1-28-11-10-25-23(27)21-12-19(18-6-8-20(24)9-7-18)13-22(30-21)29-15-17-4-2-16(14-26)3-5-17/h2-9,12,19,22,26H,10-11,13-15H2,1H3,(H,25,27)/t19-,22+/m0/s1. The molecule has 1 aliphatic rings. The average Bonchev–Trinajstić information content (AvgIpc) is 2.78. The molecule has 7 heteroatoms. The van der Waals surface area contributed by atoms with Gasteiger partial charge in [0.15, 0.2) is 5.76 Å². The Morgan fingerprint density at radius 2 is 1.87 bits per heavy atom. The number of hydrogen-bond acceptors (Lipinski definition) is 5. The monoisotopic (exact) mass is 475 g/mol. The maximum atomic E-state index is 12.5. The summed E-state index contributed by atoms with van der Waals surface area (Å²) in [5.41, 5.74) is 2.90. The van der Waals surface area contributed by atoms with E-state index in [-0.39, 0.29) is 24.2 Å². The fourth-order valence-electron chi connectivity index (χ4n) is 3.14. The topological polar surface area (TPSA) is 77.0 Å². The fraction of sp³-hybridized carbons (Fsp3) is 0.348. The summed E-state index contributed by atoms with van der Waals surface area (Å²) in [5, 5.41) is 12.0. The lowest BCUT2D eigenvalue weighted by Gasteiger charge is -2.29. The Morgan fingerprint density at radius 1 is 1.17 bits per heavy atom. The van der Waals surface area contributed by atoms with Gasteiger partial charge in [-0.25, -0.2) is 0 Å². The molecular weight excluding hydrogens is 450 g/mol. The Morgan fingerprint density at radius 3 is 2.53 bits per heavy atom. The molecule has 1 aliphatic heterocycles. The zero-order valence-electron chi connectivity index (χ0n) is 16.8. The summed E-state index contributed by atoms with van der Waals surface area (Å²) in [4.78, 5) is 12.5. The Kier molecular flexibility index (Phi) is 8.45. The third-order valence-corrected chi connectivity index (χ3v) is 5.34. The van der Waals surface area contributed by atoms with Crippen molar-refractivity contribution in [3.63, 3.8) is 0 Å². The van der Waals surface area contributed by atoms with E-state index in [9.17, 15) is 4.79 Å². The van der Waals surface area contributed by atoms with E-state index >= 15 is 0 Å². The minimum absolute atomic E-state index is 0.00297. The van der Waals surface area contributed by atoms with Gasteiger partial charge in [-0.05, 0) is 34.9 Å². The van der Waals surface area contributed by atoms with Gasteiger partial charge in [0.2, 0.25) is 6.29 Å². The molecule has 0 spiro atoms. The minimum Gasteiger partial charge on any atom is -0.459 e. The van der Waals surface area contributed by atoms with Crippen LogP contribution in [0.3, 0.4) is 0 Å². The van der Waals surface area contributed by atoms with Gasteiger partial charge in [0.1, 0.15) is 0 Å². The quantitative estimate of drug-likeness (QED) is 0.541. The molecule has 160 valence electrons. The summed E-state index contributed by atoms with van der Waals surface area (Å²) in [5.74, 6) is -0.0301. The molecule has 0 radical (unpaired) electrons. The first-order valence-electron chi connectivity index (χ1n) is 9.80. The van der Waals surface area contributed by atoms with E-state index in [4.69, 9.17) is 19.3 Å². The highest BCUT2D eigenvalue weighted by molar-refractivity contribution is 9.10. The fourth-order valence-corrected chi connectivity index (χ4v) is 3.41. The Labute approximate surface area is 185 Å². The minimum atomic E-state index is -0.552. The number of hydrogen-bond donors (Lipinski definition) is 2. The van der Waals surface area contributed by atoms with E-state index < -0.39 is 6.29 Å². The highest BCUT2D eigenvalue weighted by Gasteiger charge is 2.28. The lowest BCUT2D eigenvalue weighted by atomic mass is 9.93. The predicted molar refractivity (Wildman–Crippen MR) is 116 cm³/mol. The molecule has 0 saturated heterocycles. The number of halogens is 1. The van der Waals surface area contributed by atoms with Crippen molar-refractivity contribution >= 4 is 21.8 Å². The molecule has 1 amide bonds. The number of rotatable bonds is 9. The molecule has 30 heavy (non-hydrogen) atoms. The van der Waals surface area contributed by atoms with Gasteiger partial charge < -0.3 is 24.6 Å². The third kappa shape index (κ3) is 6.40. The second-order valence-corrected chi connectivity index (χ2v) is 7.92. The largest absolute Gasteiger partial charge is 0.459 e.